The number of hydrogen-bond donors (Lipinski definition) is 1. The zero-order valence-electron chi connectivity index (χ0n) is 19.3. The van der Waals surface area contributed by atoms with Crippen molar-refractivity contribution in [2.45, 2.75) is 32.7 Å². The van der Waals surface area contributed by atoms with Crippen LogP contribution in [-0.2, 0) is 11.3 Å². The molecule has 170 valence electrons. The van der Waals surface area contributed by atoms with Crippen LogP contribution in [0.15, 0.2) is 48.5 Å². The summed E-state index contributed by atoms with van der Waals surface area (Å²) in [6.07, 6.45) is 1.15. The molecule has 1 N–H and O–H groups in total. The van der Waals surface area contributed by atoms with Crippen molar-refractivity contribution in [1.29, 1.82) is 5.26 Å². The molecule has 1 aromatic heterocycles. The van der Waals surface area contributed by atoms with Crippen LogP contribution in [0, 0.1) is 23.2 Å². The lowest BCUT2D eigenvalue weighted by Crippen LogP contribution is -2.40. The number of piperidine rings is 1. The second kappa shape index (κ2) is 9.86. The summed E-state index contributed by atoms with van der Waals surface area (Å²) in [5.41, 5.74) is 2.78. The Labute approximate surface area is 194 Å². The molecule has 0 spiro atoms. The van der Waals surface area contributed by atoms with Gasteiger partial charge in [0, 0.05) is 19.6 Å². The number of methoxy groups -OCH3 is 1. The molecule has 1 aliphatic rings. The van der Waals surface area contributed by atoms with E-state index < -0.39 is 5.92 Å². The Hall–Kier alpha value is -3.66. The highest BCUT2D eigenvalue weighted by molar-refractivity contribution is 5.88. The molecule has 0 radical (unpaired) electrons. The number of ether oxygens (including phenoxy) is 1. The molecule has 7 nitrogen and oxygen atoms in total. The first-order valence-electron chi connectivity index (χ1n) is 11.3. The Morgan fingerprint density at radius 1 is 1.12 bits per heavy atom. The Kier molecular flexibility index (Phi) is 6.74. The van der Waals surface area contributed by atoms with Gasteiger partial charge in [-0.1, -0.05) is 38.1 Å². The van der Waals surface area contributed by atoms with Gasteiger partial charge in [0.1, 0.15) is 11.4 Å². The minimum absolute atomic E-state index is 0.315. The van der Waals surface area contributed by atoms with Crippen LogP contribution in [0.3, 0.4) is 0 Å². The Bertz CT molecular complexity index is 1160. The van der Waals surface area contributed by atoms with Gasteiger partial charge in [0.2, 0.25) is 5.91 Å². The number of nitriles is 1. The van der Waals surface area contributed by atoms with E-state index in [2.05, 4.69) is 30.1 Å². The number of hydrogen-bond acceptors (Lipinski definition) is 6. The minimum Gasteiger partial charge on any atom is -0.497 e. The smallest absolute Gasteiger partial charge is 0.243 e. The van der Waals surface area contributed by atoms with Gasteiger partial charge in [-0.2, -0.15) is 5.26 Å². The summed E-state index contributed by atoms with van der Waals surface area (Å²) in [6.45, 7) is 6.42. The van der Waals surface area contributed by atoms with E-state index in [1.807, 2.05) is 48.5 Å². The maximum Gasteiger partial charge on any atom is 0.243 e. The molecular weight excluding hydrogens is 414 g/mol. The zero-order chi connectivity index (χ0) is 23.4. The number of para-hydroxylation sites is 2. The van der Waals surface area contributed by atoms with Crippen LogP contribution in [0.25, 0.3) is 11.0 Å². The van der Waals surface area contributed by atoms with Gasteiger partial charge < -0.3 is 15.0 Å². The predicted octanol–water partition coefficient (Wildman–Crippen LogP) is 4.04. The van der Waals surface area contributed by atoms with Crippen molar-refractivity contribution in [2.75, 3.05) is 25.1 Å². The lowest BCUT2D eigenvalue weighted by molar-refractivity contribution is -0.121. The highest BCUT2D eigenvalue weighted by atomic mass is 16.5. The third kappa shape index (κ3) is 5.06. The molecular formula is C26H29N5O2. The van der Waals surface area contributed by atoms with Crippen LogP contribution in [0.4, 0.5) is 5.82 Å². The Balaban J connectivity index is 1.64. The van der Waals surface area contributed by atoms with Gasteiger partial charge in [-0.3, -0.25) is 4.79 Å². The minimum atomic E-state index is -1.05. The van der Waals surface area contributed by atoms with E-state index in [4.69, 9.17) is 14.7 Å². The van der Waals surface area contributed by atoms with E-state index >= 15 is 0 Å². The lowest BCUT2D eigenvalue weighted by atomic mass is 9.91. The topological polar surface area (TPSA) is 91.1 Å². The average molecular weight is 444 g/mol. The van der Waals surface area contributed by atoms with Gasteiger partial charge in [0.05, 0.1) is 24.2 Å². The highest BCUT2D eigenvalue weighted by Crippen LogP contribution is 2.32. The summed E-state index contributed by atoms with van der Waals surface area (Å²) in [5, 5.41) is 12.9. The third-order valence-corrected chi connectivity index (χ3v) is 6.04. The molecule has 3 aromatic rings. The molecule has 2 aromatic carbocycles. The van der Waals surface area contributed by atoms with Crippen molar-refractivity contribution in [3.8, 4) is 11.8 Å². The number of carbonyl (C=O) groups is 1. The van der Waals surface area contributed by atoms with Crippen molar-refractivity contribution in [1.82, 2.24) is 15.3 Å². The number of nitrogens with zero attached hydrogens (tertiary/aromatic N) is 4. The van der Waals surface area contributed by atoms with Crippen molar-refractivity contribution < 1.29 is 9.53 Å². The van der Waals surface area contributed by atoms with Crippen LogP contribution in [0.5, 0.6) is 5.75 Å². The van der Waals surface area contributed by atoms with Crippen LogP contribution in [0.2, 0.25) is 0 Å². The summed E-state index contributed by atoms with van der Waals surface area (Å²) in [7, 11) is 1.61. The lowest BCUT2D eigenvalue weighted by Gasteiger charge is -2.36. The molecule has 2 heterocycles. The molecule has 4 rings (SSSR count). The second-order valence-electron chi connectivity index (χ2n) is 8.90. The van der Waals surface area contributed by atoms with Gasteiger partial charge in [-0.05, 0) is 48.1 Å². The number of amides is 1. The van der Waals surface area contributed by atoms with Crippen LogP contribution in [0.1, 0.15) is 37.4 Å². The fraction of sp³-hybridized carbons (Fsp3) is 0.385. The zero-order valence-corrected chi connectivity index (χ0v) is 19.3. The van der Waals surface area contributed by atoms with Crippen LogP contribution >= 0.6 is 0 Å². The van der Waals surface area contributed by atoms with Gasteiger partial charge in [0.15, 0.2) is 11.7 Å². The van der Waals surface area contributed by atoms with Gasteiger partial charge in [-0.15, -0.1) is 0 Å². The number of benzene rings is 2. The number of nitrogens with one attached hydrogen (secondary N) is 1. The molecule has 1 fully saturated rings. The number of aromatic nitrogens is 2. The predicted molar refractivity (Wildman–Crippen MR) is 128 cm³/mol. The number of anilines is 1. The first-order chi connectivity index (χ1) is 16.0. The maximum atomic E-state index is 13.1. The molecule has 0 aliphatic carbocycles. The van der Waals surface area contributed by atoms with Crippen molar-refractivity contribution in [3.63, 3.8) is 0 Å². The fourth-order valence-corrected chi connectivity index (χ4v) is 4.55. The monoisotopic (exact) mass is 443 g/mol. The second-order valence-corrected chi connectivity index (χ2v) is 8.90. The summed E-state index contributed by atoms with van der Waals surface area (Å²) in [6, 6.07) is 17.2. The summed E-state index contributed by atoms with van der Waals surface area (Å²) < 4.78 is 5.18. The Morgan fingerprint density at radius 2 is 1.76 bits per heavy atom. The maximum absolute atomic E-state index is 13.1. The first-order valence-corrected chi connectivity index (χ1v) is 11.3. The molecule has 33 heavy (non-hydrogen) atoms. The average Bonchev–Trinajstić information content (AvgIpc) is 2.82. The van der Waals surface area contributed by atoms with E-state index in [-0.39, 0.29) is 5.91 Å². The molecule has 0 unspecified atom stereocenters. The van der Waals surface area contributed by atoms with Crippen LogP contribution in [-0.4, -0.2) is 36.1 Å². The summed E-state index contributed by atoms with van der Waals surface area (Å²) >= 11 is 0. The summed E-state index contributed by atoms with van der Waals surface area (Å²) in [4.78, 5) is 25.0. The van der Waals surface area contributed by atoms with Gasteiger partial charge >= 0.3 is 0 Å². The molecule has 7 heteroatoms. The normalized spacial score (nSPS) is 19.0. The van der Waals surface area contributed by atoms with Gasteiger partial charge in [-0.25, -0.2) is 9.97 Å². The van der Waals surface area contributed by atoms with E-state index in [0.717, 1.165) is 36.3 Å². The number of rotatable bonds is 6. The molecule has 0 saturated carbocycles. The fourth-order valence-electron chi connectivity index (χ4n) is 4.55. The van der Waals surface area contributed by atoms with E-state index in [1.165, 1.54) is 0 Å². The molecule has 3 atom stereocenters. The largest absolute Gasteiger partial charge is 0.497 e. The molecule has 1 saturated heterocycles. The molecule has 1 amide bonds. The summed E-state index contributed by atoms with van der Waals surface area (Å²) in [5.74, 6) is 0.957. The molecule has 0 bridgehead atoms. The van der Waals surface area contributed by atoms with Crippen molar-refractivity contribution in [3.05, 3.63) is 59.8 Å². The SMILES string of the molecule is COc1ccc(CNC(=O)[C@H](C#N)c2nc3ccccc3nc2N2C[C@@H](C)C[C@H](C)C2)cc1. The standard InChI is InChI=1S/C26H29N5O2/c1-17-12-18(2)16-31(15-17)25-24(29-22-6-4-5-7-23(22)30-25)21(13-27)26(32)28-14-19-8-10-20(33-3)11-9-19/h4-11,17-18,21H,12,14-16H2,1-3H3,(H,28,32)/t17-,18-,21+/m0/s1. The Morgan fingerprint density at radius 3 is 2.36 bits per heavy atom. The van der Waals surface area contributed by atoms with Crippen LogP contribution < -0.4 is 15.0 Å². The number of carbonyl (C=O) groups excluding carboxylic acids is 1. The third-order valence-electron chi connectivity index (χ3n) is 6.04. The highest BCUT2D eigenvalue weighted by Gasteiger charge is 2.31. The van der Waals surface area contributed by atoms with E-state index in [1.54, 1.807) is 7.11 Å². The quantitative estimate of drug-likeness (QED) is 0.618. The van der Waals surface area contributed by atoms with Crippen molar-refractivity contribution >= 4 is 22.8 Å². The van der Waals surface area contributed by atoms with Gasteiger partial charge in [0.25, 0.3) is 0 Å². The van der Waals surface area contributed by atoms with E-state index in [0.29, 0.717) is 35.4 Å². The van der Waals surface area contributed by atoms with E-state index in [9.17, 15) is 10.1 Å². The number of fused-ring (bicyclic) bond motifs is 1. The van der Waals surface area contributed by atoms with Crippen molar-refractivity contribution in [2.24, 2.45) is 11.8 Å². The molecule has 1 aliphatic heterocycles. The first kappa shape index (κ1) is 22.5.